The van der Waals surface area contributed by atoms with Crippen LogP contribution in [0.5, 0.6) is 0 Å². The van der Waals surface area contributed by atoms with Crippen LogP contribution in [0.4, 0.5) is 0 Å². The van der Waals surface area contributed by atoms with E-state index < -0.39 is 5.97 Å². The summed E-state index contributed by atoms with van der Waals surface area (Å²) < 4.78 is 0. The highest BCUT2D eigenvalue weighted by molar-refractivity contribution is 5.66. The minimum absolute atomic E-state index is 0.0335. The standard InChI is InChI=1S/C18H34O2.C5H12O3/c1-2-3-4-5-6-7-8-9-10-11-12-13-14-15-16-17-18(19)20;6-2-1-5(3-7)4-8/h9-10H,2-8,11-17H2,1H3,(H,19,20);5-8H,1-4H2/b10-9-;. The van der Waals surface area contributed by atoms with Crippen LogP contribution in [-0.2, 0) is 4.79 Å². The van der Waals surface area contributed by atoms with Gasteiger partial charge in [-0.25, -0.2) is 0 Å². The van der Waals surface area contributed by atoms with Gasteiger partial charge in [-0.3, -0.25) is 4.79 Å². The maximum absolute atomic E-state index is 10.3. The molecule has 5 heteroatoms. The maximum atomic E-state index is 10.3. The lowest BCUT2D eigenvalue weighted by Crippen LogP contribution is -2.12. The molecule has 0 aliphatic heterocycles. The Morgan fingerprint density at radius 3 is 1.61 bits per heavy atom. The van der Waals surface area contributed by atoms with Gasteiger partial charge in [0.1, 0.15) is 0 Å². The lowest BCUT2D eigenvalue weighted by atomic mass is 10.1. The lowest BCUT2D eigenvalue weighted by Gasteiger charge is -2.06. The van der Waals surface area contributed by atoms with E-state index in [-0.39, 0.29) is 25.7 Å². The number of unbranched alkanes of at least 4 members (excludes halogenated alkanes) is 11. The van der Waals surface area contributed by atoms with Gasteiger partial charge in [0.05, 0.1) is 0 Å². The number of allylic oxidation sites excluding steroid dienone is 2. The van der Waals surface area contributed by atoms with Crippen molar-refractivity contribution in [2.75, 3.05) is 19.8 Å². The second-order valence-corrected chi connectivity index (χ2v) is 7.47. The van der Waals surface area contributed by atoms with Crippen molar-refractivity contribution in [3.8, 4) is 0 Å². The van der Waals surface area contributed by atoms with E-state index in [2.05, 4.69) is 19.1 Å². The molecule has 0 heterocycles. The summed E-state index contributed by atoms with van der Waals surface area (Å²) in [6.07, 6.45) is 21.7. The Morgan fingerprint density at radius 1 is 0.750 bits per heavy atom. The first-order valence-corrected chi connectivity index (χ1v) is 11.3. The first-order valence-electron chi connectivity index (χ1n) is 11.3. The molecular weight excluding hydrogens is 356 g/mol. The van der Waals surface area contributed by atoms with Crippen molar-refractivity contribution in [2.24, 2.45) is 5.92 Å². The molecule has 0 aromatic carbocycles. The van der Waals surface area contributed by atoms with Crippen molar-refractivity contribution in [2.45, 2.75) is 103 Å². The monoisotopic (exact) mass is 402 g/mol. The Bertz CT molecular complexity index is 327. The van der Waals surface area contributed by atoms with Gasteiger partial charge in [-0.2, -0.15) is 0 Å². The minimum Gasteiger partial charge on any atom is -0.481 e. The molecular formula is C23H46O5. The molecule has 0 aromatic heterocycles. The fourth-order valence-corrected chi connectivity index (χ4v) is 2.77. The van der Waals surface area contributed by atoms with Crippen LogP contribution in [0.2, 0.25) is 0 Å². The van der Waals surface area contributed by atoms with Crippen molar-refractivity contribution in [1.82, 2.24) is 0 Å². The first-order chi connectivity index (χ1) is 13.6. The maximum Gasteiger partial charge on any atom is 0.303 e. The molecule has 0 aliphatic carbocycles. The van der Waals surface area contributed by atoms with Gasteiger partial charge >= 0.3 is 5.97 Å². The molecule has 0 fully saturated rings. The third-order valence-corrected chi connectivity index (χ3v) is 4.71. The zero-order valence-corrected chi connectivity index (χ0v) is 18.2. The zero-order chi connectivity index (χ0) is 21.3. The van der Waals surface area contributed by atoms with Crippen molar-refractivity contribution in [3.05, 3.63) is 12.2 Å². The molecule has 4 N–H and O–H groups in total. The van der Waals surface area contributed by atoms with Gasteiger partial charge in [-0.1, -0.05) is 70.4 Å². The molecule has 0 aliphatic rings. The number of carboxylic acid groups (broad SMARTS) is 1. The van der Waals surface area contributed by atoms with Crippen molar-refractivity contribution < 1.29 is 25.2 Å². The average molecular weight is 403 g/mol. The summed E-state index contributed by atoms with van der Waals surface area (Å²) in [5.74, 6) is -0.803. The van der Waals surface area contributed by atoms with Gasteiger partial charge < -0.3 is 20.4 Å². The van der Waals surface area contributed by atoms with Crippen molar-refractivity contribution in [3.63, 3.8) is 0 Å². The Hall–Kier alpha value is -0.910. The highest BCUT2D eigenvalue weighted by atomic mass is 16.4. The van der Waals surface area contributed by atoms with Crippen LogP contribution in [0, 0.1) is 5.92 Å². The number of aliphatic carboxylic acids is 1. The average Bonchev–Trinajstić information content (AvgIpc) is 2.69. The fourth-order valence-electron chi connectivity index (χ4n) is 2.77. The predicted molar refractivity (Wildman–Crippen MR) is 116 cm³/mol. The molecule has 0 spiro atoms. The van der Waals surface area contributed by atoms with E-state index in [1.165, 1.54) is 70.6 Å². The molecule has 5 nitrogen and oxygen atoms in total. The molecule has 0 unspecified atom stereocenters. The molecule has 0 atom stereocenters. The van der Waals surface area contributed by atoms with Gasteiger partial charge in [0.15, 0.2) is 0 Å². The second kappa shape index (κ2) is 26.1. The van der Waals surface area contributed by atoms with E-state index in [1.807, 2.05) is 0 Å². The summed E-state index contributed by atoms with van der Waals surface area (Å²) in [5.41, 5.74) is 0. The Balaban J connectivity index is 0. The third kappa shape index (κ3) is 27.3. The van der Waals surface area contributed by atoms with Crippen LogP contribution in [0.25, 0.3) is 0 Å². The SMILES string of the molecule is CCCCCCCC/C=C\CCCCCCCC(=O)O.OCCC(CO)CO. The van der Waals surface area contributed by atoms with E-state index in [9.17, 15) is 4.79 Å². The lowest BCUT2D eigenvalue weighted by molar-refractivity contribution is -0.137. The Morgan fingerprint density at radius 2 is 1.21 bits per heavy atom. The second-order valence-electron chi connectivity index (χ2n) is 7.47. The third-order valence-electron chi connectivity index (χ3n) is 4.71. The van der Waals surface area contributed by atoms with Gasteiger partial charge in [0.25, 0.3) is 0 Å². The summed E-state index contributed by atoms with van der Waals surface area (Å²) in [4.78, 5) is 10.3. The number of hydrogen-bond donors (Lipinski definition) is 4. The van der Waals surface area contributed by atoms with Crippen LogP contribution < -0.4 is 0 Å². The smallest absolute Gasteiger partial charge is 0.303 e. The van der Waals surface area contributed by atoms with Gasteiger partial charge in [0, 0.05) is 32.2 Å². The van der Waals surface area contributed by atoms with E-state index in [0.29, 0.717) is 12.8 Å². The highest BCUT2D eigenvalue weighted by Crippen LogP contribution is 2.09. The molecule has 0 rings (SSSR count). The van der Waals surface area contributed by atoms with Crippen LogP contribution >= 0.6 is 0 Å². The summed E-state index contributed by atoms with van der Waals surface area (Å²) >= 11 is 0. The molecule has 168 valence electrons. The summed E-state index contributed by atoms with van der Waals surface area (Å²) in [5, 5.41) is 33.6. The van der Waals surface area contributed by atoms with Gasteiger partial charge in [-0.15, -0.1) is 0 Å². The van der Waals surface area contributed by atoms with E-state index in [4.69, 9.17) is 20.4 Å². The van der Waals surface area contributed by atoms with Gasteiger partial charge in [0.2, 0.25) is 0 Å². The molecule has 0 bridgehead atoms. The van der Waals surface area contributed by atoms with Gasteiger partial charge in [-0.05, 0) is 38.5 Å². The number of aliphatic hydroxyl groups excluding tert-OH is 3. The quantitative estimate of drug-likeness (QED) is 0.178. The number of aliphatic hydroxyl groups is 3. The topological polar surface area (TPSA) is 98.0 Å². The minimum atomic E-state index is -0.664. The molecule has 0 saturated carbocycles. The summed E-state index contributed by atoms with van der Waals surface area (Å²) in [6.45, 7) is 2.20. The molecule has 0 radical (unpaired) electrons. The van der Waals surface area contributed by atoms with Crippen molar-refractivity contribution in [1.29, 1.82) is 0 Å². The zero-order valence-electron chi connectivity index (χ0n) is 18.2. The summed E-state index contributed by atoms with van der Waals surface area (Å²) in [6, 6.07) is 0. The largest absolute Gasteiger partial charge is 0.481 e. The van der Waals surface area contributed by atoms with Crippen LogP contribution in [0.3, 0.4) is 0 Å². The Kier molecular flexibility index (Phi) is 27.3. The normalized spacial score (nSPS) is 11.0. The highest BCUT2D eigenvalue weighted by Gasteiger charge is 2.02. The Labute approximate surface area is 172 Å². The van der Waals surface area contributed by atoms with Crippen LogP contribution in [0.1, 0.15) is 103 Å². The summed E-state index contributed by atoms with van der Waals surface area (Å²) in [7, 11) is 0. The van der Waals surface area contributed by atoms with E-state index in [1.54, 1.807) is 0 Å². The number of carboxylic acids is 1. The predicted octanol–water partition coefficient (Wildman–Crippen LogP) is 5.08. The van der Waals surface area contributed by atoms with Crippen LogP contribution in [0.15, 0.2) is 12.2 Å². The van der Waals surface area contributed by atoms with E-state index >= 15 is 0 Å². The molecule has 28 heavy (non-hydrogen) atoms. The number of hydrogen-bond acceptors (Lipinski definition) is 4. The fraction of sp³-hybridized carbons (Fsp3) is 0.870. The number of carbonyl (C=O) groups is 1. The molecule has 0 aromatic rings. The molecule has 0 amide bonds. The first kappa shape index (κ1) is 29.3. The van der Waals surface area contributed by atoms with Crippen molar-refractivity contribution >= 4 is 5.97 Å². The molecule has 0 saturated heterocycles. The van der Waals surface area contributed by atoms with E-state index in [0.717, 1.165) is 12.8 Å². The number of rotatable bonds is 19. The van der Waals surface area contributed by atoms with Crippen LogP contribution in [-0.4, -0.2) is 46.2 Å².